The van der Waals surface area contributed by atoms with Crippen LogP contribution in [-0.2, 0) is 6.61 Å². The Morgan fingerprint density at radius 1 is 1.50 bits per heavy atom. The van der Waals surface area contributed by atoms with Gasteiger partial charge in [0.2, 0.25) is 0 Å². The zero-order valence-corrected chi connectivity index (χ0v) is 6.26. The zero-order chi connectivity index (χ0) is 7.56. The zero-order valence-electron chi connectivity index (χ0n) is 6.26. The van der Waals surface area contributed by atoms with Crippen molar-refractivity contribution in [2.75, 3.05) is 0 Å². The van der Waals surface area contributed by atoms with E-state index in [1.807, 2.05) is 19.9 Å². The highest BCUT2D eigenvalue weighted by Gasteiger charge is 1.94. The van der Waals surface area contributed by atoms with E-state index in [4.69, 9.17) is 5.11 Å². The molecule has 0 radical (unpaired) electrons. The van der Waals surface area contributed by atoms with Gasteiger partial charge in [-0.3, -0.25) is 4.98 Å². The Bertz CT molecular complexity index is 233. The minimum atomic E-state index is 0.0775. The summed E-state index contributed by atoms with van der Waals surface area (Å²) in [6.45, 7) is 4.02. The molecule has 2 heteroatoms. The summed E-state index contributed by atoms with van der Waals surface area (Å²) >= 11 is 0. The van der Waals surface area contributed by atoms with E-state index in [9.17, 15) is 0 Å². The van der Waals surface area contributed by atoms with E-state index in [1.54, 1.807) is 6.20 Å². The second-order valence-corrected chi connectivity index (χ2v) is 2.40. The van der Waals surface area contributed by atoms with Gasteiger partial charge in [-0.2, -0.15) is 0 Å². The van der Waals surface area contributed by atoms with Crippen LogP contribution in [0.5, 0.6) is 0 Å². The number of hydrogen-bond acceptors (Lipinski definition) is 2. The fourth-order valence-electron chi connectivity index (χ4n) is 0.788. The highest BCUT2D eigenvalue weighted by Crippen LogP contribution is 2.05. The molecule has 0 aliphatic carbocycles. The van der Waals surface area contributed by atoms with Gasteiger partial charge >= 0.3 is 0 Å². The predicted octanol–water partition coefficient (Wildman–Crippen LogP) is 1.19. The van der Waals surface area contributed by atoms with Crippen LogP contribution in [0.1, 0.15) is 16.8 Å². The molecule has 54 valence electrons. The molecular weight excluding hydrogens is 126 g/mol. The Morgan fingerprint density at radius 3 is 2.70 bits per heavy atom. The summed E-state index contributed by atoms with van der Waals surface area (Å²) in [5, 5.41) is 8.71. The van der Waals surface area contributed by atoms with Crippen molar-refractivity contribution in [1.29, 1.82) is 0 Å². The van der Waals surface area contributed by atoms with Crippen LogP contribution >= 0.6 is 0 Å². The van der Waals surface area contributed by atoms with Crippen LogP contribution in [0.3, 0.4) is 0 Å². The van der Waals surface area contributed by atoms with Crippen LogP contribution in [0.25, 0.3) is 0 Å². The first-order valence-corrected chi connectivity index (χ1v) is 3.27. The third-order valence-corrected chi connectivity index (χ3v) is 1.58. The molecule has 2 nitrogen and oxygen atoms in total. The minimum Gasteiger partial charge on any atom is -0.392 e. The van der Waals surface area contributed by atoms with Crippen LogP contribution in [0.15, 0.2) is 12.3 Å². The third-order valence-electron chi connectivity index (χ3n) is 1.58. The van der Waals surface area contributed by atoms with Gasteiger partial charge in [0.25, 0.3) is 0 Å². The highest BCUT2D eigenvalue weighted by atomic mass is 16.3. The Morgan fingerprint density at radius 2 is 2.20 bits per heavy atom. The van der Waals surface area contributed by atoms with Crippen molar-refractivity contribution in [1.82, 2.24) is 4.98 Å². The van der Waals surface area contributed by atoms with Gasteiger partial charge in [-0.15, -0.1) is 0 Å². The topological polar surface area (TPSA) is 33.1 Å². The summed E-state index contributed by atoms with van der Waals surface area (Å²) in [5.74, 6) is 0. The van der Waals surface area contributed by atoms with Gasteiger partial charge < -0.3 is 5.11 Å². The molecule has 0 spiro atoms. The smallest absolute Gasteiger partial charge is 0.0696 e. The number of aliphatic hydroxyl groups is 1. The average molecular weight is 137 g/mol. The quantitative estimate of drug-likeness (QED) is 0.630. The fraction of sp³-hybridized carbons (Fsp3) is 0.375. The molecule has 1 aromatic rings. The second kappa shape index (κ2) is 2.80. The fourth-order valence-corrected chi connectivity index (χ4v) is 0.788. The lowest BCUT2D eigenvalue weighted by molar-refractivity contribution is 0.281. The molecule has 0 aliphatic rings. The Balaban J connectivity index is 3.04. The number of aryl methyl sites for hydroxylation is 2. The van der Waals surface area contributed by atoms with E-state index in [-0.39, 0.29) is 6.61 Å². The lowest BCUT2D eigenvalue weighted by Crippen LogP contribution is -1.90. The van der Waals surface area contributed by atoms with E-state index in [0.29, 0.717) is 0 Å². The minimum absolute atomic E-state index is 0.0775. The molecule has 0 saturated carbocycles. The van der Waals surface area contributed by atoms with Crippen molar-refractivity contribution in [3.05, 3.63) is 29.1 Å². The molecule has 10 heavy (non-hydrogen) atoms. The Kier molecular flexibility index (Phi) is 2.02. The number of pyridine rings is 1. The molecule has 1 rings (SSSR count). The molecule has 1 N–H and O–H groups in total. The first-order valence-electron chi connectivity index (χ1n) is 3.27. The summed E-state index contributed by atoms with van der Waals surface area (Å²) < 4.78 is 0. The van der Waals surface area contributed by atoms with Gasteiger partial charge in [0.15, 0.2) is 0 Å². The molecule has 0 saturated heterocycles. The predicted molar refractivity (Wildman–Crippen MR) is 39.6 cm³/mol. The van der Waals surface area contributed by atoms with Crippen molar-refractivity contribution < 1.29 is 5.11 Å². The van der Waals surface area contributed by atoms with Gasteiger partial charge in [-0.05, 0) is 25.0 Å². The van der Waals surface area contributed by atoms with Crippen molar-refractivity contribution in [2.45, 2.75) is 20.5 Å². The molecule has 0 bridgehead atoms. The molecule has 0 fully saturated rings. The van der Waals surface area contributed by atoms with Gasteiger partial charge in [0.1, 0.15) is 0 Å². The van der Waals surface area contributed by atoms with Crippen LogP contribution < -0.4 is 0 Å². The van der Waals surface area contributed by atoms with Gasteiger partial charge in [0.05, 0.1) is 6.61 Å². The lowest BCUT2D eigenvalue weighted by atomic mass is 10.2. The Hall–Kier alpha value is -0.890. The van der Waals surface area contributed by atoms with Crippen LogP contribution in [-0.4, -0.2) is 10.1 Å². The van der Waals surface area contributed by atoms with E-state index < -0.39 is 0 Å². The molecule has 1 aromatic heterocycles. The summed E-state index contributed by atoms with van der Waals surface area (Å²) in [6, 6.07) is 1.95. The second-order valence-electron chi connectivity index (χ2n) is 2.40. The van der Waals surface area contributed by atoms with Crippen LogP contribution in [0.4, 0.5) is 0 Å². The maximum absolute atomic E-state index is 8.71. The average Bonchev–Trinajstić information content (AvgIpc) is 1.95. The number of rotatable bonds is 1. The van der Waals surface area contributed by atoms with E-state index in [2.05, 4.69) is 4.98 Å². The standard InChI is InChI=1S/C8H11NO/c1-6-3-8(5-10)4-9-7(6)2/h3-4,10H,5H2,1-2H3. The molecule has 0 aromatic carbocycles. The maximum atomic E-state index is 8.71. The van der Waals surface area contributed by atoms with Gasteiger partial charge in [-0.25, -0.2) is 0 Å². The summed E-state index contributed by atoms with van der Waals surface area (Å²) in [6.07, 6.45) is 1.70. The highest BCUT2D eigenvalue weighted by molar-refractivity contribution is 5.22. The molecular formula is C8H11NO. The van der Waals surface area contributed by atoms with Gasteiger partial charge in [-0.1, -0.05) is 6.07 Å². The molecule has 0 aliphatic heterocycles. The monoisotopic (exact) mass is 137 g/mol. The normalized spacial score (nSPS) is 9.90. The molecule has 1 heterocycles. The van der Waals surface area contributed by atoms with E-state index >= 15 is 0 Å². The lowest BCUT2D eigenvalue weighted by Gasteiger charge is -1.99. The van der Waals surface area contributed by atoms with Crippen LogP contribution in [0, 0.1) is 13.8 Å². The van der Waals surface area contributed by atoms with Gasteiger partial charge in [0, 0.05) is 11.9 Å². The van der Waals surface area contributed by atoms with Crippen LogP contribution in [0.2, 0.25) is 0 Å². The van der Waals surface area contributed by atoms with Crippen molar-refractivity contribution >= 4 is 0 Å². The number of aromatic nitrogens is 1. The number of nitrogens with zero attached hydrogens (tertiary/aromatic N) is 1. The number of hydrogen-bond donors (Lipinski definition) is 1. The summed E-state index contributed by atoms with van der Waals surface area (Å²) in [7, 11) is 0. The molecule has 0 atom stereocenters. The van der Waals surface area contributed by atoms with E-state index in [0.717, 1.165) is 16.8 Å². The van der Waals surface area contributed by atoms with Crippen molar-refractivity contribution in [3.8, 4) is 0 Å². The maximum Gasteiger partial charge on any atom is 0.0696 e. The Labute approximate surface area is 60.5 Å². The van der Waals surface area contributed by atoms with E-state index in [1.165, 1.54) is 0 Å². The molecule has 0 amide bonds. The van der Waals surface area contributed by atoms with Crippen molar-refractivity contribution in [3.63, 3.8) is 0 Å². The number of aliphatic hydroxyl groups excluding tert-OH is 1. The summed E-state index contributed by atoms with van der Waals surface area (Å²) in [5.41, 5.74) is 3.03. The summed E-state index contributed by atoms with van der Waals surface area (Å²) in [4.78, 5) is 4.09. The van der Waals surface area contributed by atoms with Crippen molar-refractivity contribution in [2.24, 2.45) is 0 Å². The first kappa shape index (κ1) is 7.22. The largest absolute Gasteiger partial charge is 0.392 e. The first-order chi connectivity index (χ1) is 4.74. The SMILES string of the molecule is Cc1cc(CO)cnc1C. The third kappa shape index (κ3) is 1.33. The molecule has 0 unspecified atom stereocenters.